The summed E-state index contributed by atoms with van der Waals surface area (Å²) in [5.74, 6) is -0.848. The predicted octanol–water partition coefficient (Wildman–Crippen LogP) is 19.7. The molecule has 0 spiro atoms. The zero-order valence-electron chi connectivity index (χ0n) is 44.7. The molecule has 0 saturated heterocycles. The second-order valence-corrected chi connectivity index (χ2v) is 20.3. The van der Waals surface area contributed by atoms with Crippen LogP contribution in [0.1, 0.15) is 335 Å². The molecule has 0 saturated carbocycles. The van der Waals surface area contributed by atoms with E-state index in [2.05, 4.69) is 32.9 Å². The van der Waals surface area contributed by atoms with Crippen molar-refractivity contribution in [2.45, 2.75) is 341 Å². The summed E-state index contributed by atoms with van der Waals surface area (Å²) in [5, 5.41) is 0. The van der Waals surface area contributed by atoms with Crippen LogP contribution in [0, 0.1) is 0 Å². The molecular weight excluding hydrogens is 817 g/mol. The molecule has 6 heteroatoms. The van der Waals surface area contributed by atoms with E-state index >= 15 is 0 Å². The van der Waals surface area contributed by atoms with Gasteiger partial charge in [0.05, 0.1) is 0 Å². The third-order valence-corrected chi connectivity index (χ3v) is 13.5. The summed E-state index contributed by atoms with van der Waals surface area (Å²) in [6.07, 6.45) is 63.7. The first kappa shape index (κ1) is 64.2. The third kappa shape index (κ3) is 53.1. The van der Waals surface area contributed by atoms with Gasteiger partial charge in [-0.15, -0.1) is 0 Å². The summed E-state index contributed by atoms with van der Waals surface area (Å²) in [6, 6.07) is 0. The van der Waals surface area contributed by atoms with Crippen molar-refractivity contribution >= 4 is 17.9 Å². The van der Waals surface area contributed by atoms with E-state index in [0.29, 0.717) is 19.3 Å². The molecule has 390 valence electrons. The van der Waals surface area contributed by atoms with Gasteiger partial charge in [-0.05, 0) is 44.9 Å². The van der Waals surface area contributed by atoms with Crippen LogP contribution < -0.4 is 0 Å². The Kier molecular flexibility index (Phi) is 54.2. The molecule has 0 aliphatic rings. The van der Waals surface area contributed by atoms with Crippen molar-refractivity contribution < 1.29 is 28.6 Å². The fourth-order valence-electron chi connectivity index (χ4n) is 9.03. The van der Waals surface area contributed by atoms with E-state index in [0.717, 1.165) is 57.8 Å². The van der Waals surface area contributed by atoms with E-state index in [9.17, 15) is 14.4 Å². The predicted molar refractivity (Wildman–Crippen MR) is 284 cm³/mol. The van der Waals surface area contributed by atoms with E-state index in [1.807, 2.05) is 0 Å². The first-order chi connectivity index (χ1) is 32.5. The molecule has 0 heterocycles. The van der Waals surface area contributed by atoms with Gasteiger partial charge in [-0.3, -0.25) is 14.4 Å². The average molecular weight is 932 g/mol. The molecule has 1 atom stereocenters. The highest BCUT2D eigenvalue weighted by Crippen LogP contribution is 2.17. The van der Waals surface area contributed by atoms with Crippen LogP contribution >= 0.6 is 0 Å². The van der Waals surface area contributed by atoms with E-state index in [4.69, 9.17) is 14.2 Å². The van der Waals surface area contributed by atoms with Gasteiger partial charge in [0, 0.05) is 19.3 Å². The minimum atomic E-state index is -0.764. The first-order valence-electron chi connectivity index (χ1n) is 29.7. The largest absolute Gasteiger partial charge is 0.462 e. The van der Waals surface area contributed by atoms with Crippen molar-refractivity contribution in [1.82, 2.24) is 0 Å². The Balaban J connectivity index is 4.16. The van der Waals surface area contributed by atoms with Crippen molar-refractivity contribution in [3.63, 3.8) is 0 Å². The van der Waals surface area contributed by atoms with Crippen molar-refractivity contribution in [1.29, 1.82) is 0 Å². The third-order valence-electron chi connectivity index (χ3n) is 13.5. The van der Waals surface area contributed by atoms with Gasteiger partial charge in [-0.25, -0.2) is 0 Å². The van der Waals surface area contributed by atoms with Gasteiger partial charge in [0.2, 0.25) is 0 Å². The number of carbonyl (C=O) groups excluding carboxylic acids is 3. The lowest BCUT2D eigenvalue weighted by Gasteiger charge is -2.18. The minimum absolute atomic E-state index is 0.0654. The van der Waals surface area contributed by atoms with Crippen LogP contribution in [0.4, 0.5) is 0 Å². The Morgan fingerprint density at radius 1 is 0.288 bits per heavy atom. The van der Waals surface area contributed by atoms with Crippen molar-refractivity contribution in [3.05, 3.63) is 12.2 Å². The van der Waals surface area contributed by atoms with Crippen molar-refractivity contribution in [2.75, 3.05) is 13.2 Å². The summed E-state index contributed by atoms with van der Waals surface area (Å²) in [5.41, 5.74) is 0. The molecule has 0 N–H and O–H groups in total. The number of rotatable bonds is 55. The molecule has 0 radical (unpaired) electrons. The van der Waals surface area contributed by atoms with Crippen LogP contribution in [0.25, 0.3) is 0 Å². The van der Waals surface area contributed by atoms with E-state index in [1.54, 1.807) is 0 Å². The molecule has 0 bridgehead atoms. The lowest BCUT2D eigenvalue weighted by Crippen LogP contribution is -2.30. The normalized spacial score (nSPS) is 12.0. The summed E-state index contributed by atoms with van der Waals surface area (Å²) >= 11 is 0. The molecule has 0 aromatic carbocycles. The Morgan fingerprint density at radius 2 is 0.500 bits per heavy atom. The van der Waals surface area contributed by atoms with Gasteiger partial charge < -0.3 is 14.2 Å². The summed E-state index contributed by atoms with van der Waals surface area (Å²) in [4.78, 5) is 38.0. The molecular formula is C60H114O6. The van der Waals surface area contributed by atoms with Gasteiger partial charge in [0.25, 0.3) is 0 Å². The lowest BCUT2D eigenvalue weighted by atomic mass is 10.0. The number of ether oxygens (including phenoxy) is 3. The number of hydrogen-bond acceptors (Lipinski definition) is 6. The highest BCUT2D eigenvalue weighted by atomic mass is 16.6. The molecule has 0 fully saturated rings. The van der Waals surface area contributed by atoms with E-state index in [-0.39, 0.29) is 31.1 Å². The second kappa shape index (κ2) is 55.7. The molecule has 6 nitrogen and oxygen atoms in total. The SMILES string of the molecule is CCCCCCCCCC/C=C\CCCCCCCCCCCC(=O)OCC(COC(=O)CCCCCCCCCC)OC(=O)CCCCCCCCCCCCCCCCCCCCC. The number of carbonyl (C=O) groups is 3. The quantitative estimate of drug-likeness (QED) is 0.0262. The molecule has 0 rings (SSSR count). The van der Waals surface area contributed by atoms with Crippen LogP contribution in [-0.2, 0) is 28.6 Å². The van der Waals surface area contributed by atoms with Crippen molar-refractivity contribution in [3.8, 4) is 0 Å². The van der Waals surface area contributed by atoms with Gasteiger partial charge in [0.15, 0.2) is 6.10 Å². The Morgan fingerprint density at radius 3 is 0.758 bits per heavy atom. The van der Waals surface area contributed by atoms with Crippen LogP contribution in [0.15, 0.2) is 12.2 Å². The van der Waals surface area contributed by atoms with E-state index < -0.39 is 6.10 Å². The smallest absolute Gasteiger partial charge is 0.306 e. The maximum atomic E-state index is 12.8. The zero-order valence-corrected chi connectivity index (χ0v) is 44.7. The summed E-state index contributed by atoms with van der Waals surface area (Å²) in [6.45, 7) is 6.67. The molecule has 0 aliphatic heterocycles. The Bertz CT molecular complexity index is 1020. The molecule has 1 unspecified atom stereocenters. The molecule has 0 amide bonds. The van der Waals surface area contributed by atoms with Crippen LogP contribution in [0.5, 0.6) is 0 Å². The monoisotopic (exact) mass is 931 g/mol. The summed E-state index contributed by atoms with van der Waals surface area (Å²) < 4.78 is 16.8. The van der Waals surface area contributed by atoms with Crippen molar-refractivity contribution in [2.24, 2.45) is 0 Å². The highest BCUT2D eigenvalue weighted by Gasteiger charge is 2.19. The second-order valence-electron chi connectivity index (χ2n) is 20.3. The number of unbranched alkanes of at least 4 members (excludes halogenated alkanes) is 42. The fraction of sp³-hybridized carbons (Fsp3) is 0.917. The molecule has 66 heavy (non-hydrogen) atoms. The van der Waals surface area contributed by atoms with Crippen LogP contribution in [-0.4, -0.2) is 37.2 Å². The standard InChI is InChI=1S/C60H114O6/c1-4-7-10-13-16-19-21-23-25-27-29-30-32-33-35-37-39-41-44-47-50-53-59(62)65-56-57(55-64-58(61)52-49-46-43-18-15-12-9-6-3)66-60(63)54-51-48-45-42-40-38-36-34-31-28-26-24-22-20-17-14-11-8-5-2/h27,29,57H,4-26,28,30-56H2,1-3H3/b29-27-. The lowest BCUT2D eigenvalue weighted by molar-refractivity contribution is -0.167. The Hall–Kier alpha value is -1.85. The molecule has 0 aromatic heterocycles. The number of allylic oxidation sites excluding steroid dienone is 2. The van der Waals surface area contributed by atoms with Crippen LogP contribution in [0.2, 0.25) is 0 Å². The van der Waals surface area contributed by atoms with Gasteiger partial charge in [-0.2, -0.15) is 0 Å². The Labute approximate surface area is 411 Å². The van der Waals surface area contributed by atoms with E-state index in [1.165, 1.54) is 238 Å². The average Bonchev–Trinajstić information content (AvgIpc) is 3.31. The highest BCUT2D eigenvalue weighted by molar-refractivity contribution is 5.71. The first-order valence-corrected chi connectivity index (χ1v) is 29.7. The fourth-order valence-corrected chi connectivity index (χ4v) is 9.03. The summed E-state index contributed by atoms with van der Waals surface area (Å²) in [7, 11) is 0. The number of esters is 3. The maximum Gasteiger partial charge on any atom is 0.306 e. The maximum absolute atomic E-state index is 12.8. The number of hydrogen-bond donors (Lipinski definition) is 0. The van der Waals surface area contributed by atoms with Gasteiger partial charge >= 0.3 is 17.9 Å². The van der Waals surface area contributed by atoms with Gasteiger partial charge in [0.1, 0.15) is 13.2 Å². The van der Waals surface area contributed by atoms with Gasteiger partial charge in [-0.1, -0.05) is 283 Å². The topological polar surface area (TPSA) is 78.9 Å². The minimum Gasteiger partial charge on any atom is -0.462 e. The molecule has 0 aromatic rings. The molecule has 0 aliphatic carbocycles. The zero-order chi connectivity index (χ0) is 47.9. The van der Waals surface area contributed by atoms with Crippen LogP contribution in [0.3, 0.4) is 0 Å².